The molecule has 1 aliphatic heterocycles. The van der Waals surface area contributed by atoms with Crippen LogP contribution < -0.4 is 4.90 Å². The average molecular weight is 339 g/mol. The lowest BCUT2D eigenvalue weighted by Crippen LogP contribution is -2.47. The van der Waals surface area contributed by atoms with Crippen LogP contribution in [0.1, 0.15) is 36.6 Å². The van der Waals surface area contributed by atoms with Gasteiger partial charge in [0.15, 0.2) is 0 Å². The molecule has 2 aromatic rings. The van der Waals surface area contributed by atoms with Crippen LogP contribution in [0.2, 0.25) is 0 Å². The molecular weight excluding hydrogens is 314 g/mol. The summed E-state index contributed by atoms with van der Waals surface area (Å²) >= 11 is 0. The predicted octanol–water partition coefficient (Wildman–Crippen LogP) is 3.18. The highest BCUT2D eigenvalue weighted by Crippen LogP contribution is 2.33. The number of likely N-dealkylation sites (tertiary alicyclic amines) is 1. The number of pyridine rings is 1. The lowest BCUT2D eigenvalue weighted by atomic mass is 9.94. The molecule has 3 rings (SSSR count). The summed E-state index contributed by atoms with van der Waals surface area (Å²) in [5.74, 6) is -0.745. The number of hydrogen-bond donors (Lipinski definition) is 1. The normalized spacial score (nSPS) is 19.4. The van der Waals surface area contributed by atoms with E-state index in [1.165, 1.54) is 0 Å². The van der Waals surface area contributed by atoms with Crippen molar-refractivity contribution in [3.8, 4) is 0 Å². The van der Waals surface area contributed by atoms with Crippen molar-refractivity contribution in [2.24, 2.45) is 0 Å². The van der Waals surface area contributed by atoms with E-state index in [1.54, 1.807) is 6.20 Å². The third-order valence-electron chi connectivity index (χ3n) is 4.85. The summed E-state index contributed by atoms with van der Waals surface area (Å²) in [6, 6.07) is 13.6. The second-order valence-corrected chi connectivity index (χ2v) is 6.73. The minimum atomic E-state index is -0.745. The summed E-state index contributed by atoms with van der Waals surface area (Å²) in [5.41, 5.74) is 3.10. The molecule has 25 heavy (non-hydrogen) atoms. The highest BCUT2D eigenvalue weighted by atomic mass is 16.4. The molecule has 5 nitrogen and oxygen atoms in total. The van der Waals surface area contributed by atoms with E-state index < -0.39 is 12.0 Å². The molecule has 1 aromatic heterocycles. The standard InChI is InChI=1S/C20H25N3O2/c1-22(2)16-11-9-15(10-12-16)19(17-7-3-5-13-21-17)23-14-6-4-8-18(23)20(24)25/h3,5,7,9-13,18-19H,4,6,8,14H2,1-2H3,(H,24,25). The minimum absolute atomic E-state index is 0.140. The lowest BCUT2D eigenvalue weighted by Gasteiger charge is -2.39. The van der Waals surface area contributed by atoms with Crippen LogP contribution in [-0.2, 0) is 4.79 Å². The topological polar surface area (TPSA) is 56.7 Å². The van der Waals surface area contributed by atoms with E-state index in [9.17, 15) is 9.90 Å². The minimum Gasteiger partial charge on any atom is -0.480 e. The Bertz CT molecular complexity index is 701. The summed E-state index contributed by atoms with van der Waals surface area (Å²) < 4.78 is 0. The summed E-state index contributed by atoms with van der Waals surface area (Å²) in [5, 5.41) is 9.70. The molecule has 1 aliphatic rings. The second-order valence-electron chi connectivity index (χ2n) is 6.73. The molecule has 0 aliphatic carbocycles. The number of nitrogens with zero attached hydrogens (tertiary/aromatic N) is 3. The molecule has 2 atom stereocenters. The molecule has 0 spiro atoms. The van der Waals surface area contributed by atoms with Gasteiger partial charge in [-0.15, -0.1) is 0 Å². The molecule has 1 aromatic carbocycles. The van der Waals surface area contributed by atoms with Crippen LogP contribution in [0.5, 0.6) is 0 Å². The van der Waals surface area contributed by atoms with E-state index >= 15 is 0 Å². The third kappa shape index (κ3) is 3.82. The largest absolute Gasteiger partial charge is 0.480 e. The fourth-order valence-electron chi connectivity index (χ4n) is 3.55. The molecule has 1 N–H and O–H groups in total. The number of carboxylic acid groups (broad SMARTS) is 1. The Morgan fingerprint density at radius 1 is 1.20 bits per heavy atom. The summed E-state index contributed by atoms with van der Waals surface area (Å²) in [7, 11) is 4.02. The lowest BCUT2D eigenvalue weighted by molar-refractivity contribution is -0.145. The van der Waals surface area contributed by atoms with Gasteiger partial charge in [0.2, 0.25) is 0 Å². The Morgan fingerprint density at radius 2 is 1.96 bits per heavy atom. The van der Waals surface area contributed by atoms with Gasteiger partial charge in [0.1, 0.15) is 6.04 Å². The van der Waals surface area contributed by atoms with Gasteiger partial charge in [-0.05, 0) is 49.2 Å². The molecule has 0 bridgehead atoms. The summed E-state index contributed by atoms with van der Waals surface area (Å²) in [4.78, 5) is 20.5. The number of piperidine rings is 1. The van der Waals surface area contributed by atoms with Crippen LogP contribution in [0.15, 0.2) is 48.7 Å². The zero-order valence-corrected chi connectivity index (χ0v) is 14.8. The Kier molecular flexibility index (Phi) is 5.34. The smallest absolute Gasteiger partial charge is 0.320 e. The fraction of sp³-hybridized carbons (Fsp3) is 0.400. The van der Waals surface area contributed by atoms with E-state index in [2.05, 4.69) is 39.0 Å². The molecule has 0 saturated carbocycles. The summed E-state index contributed by atoms with van der Waals surface area (Å²) in [6.07, 6.45) is 4.44. The SMILES string of the molecule is CN(C)c1ccc(C(c2ccccn2)N2CCCCC2C(=O)O)cc1. The van der Waals surface area contributed by atoms with E-state index in [1.807, 2.05) is 32.3 Å². The van der Waals surface area contributed by atoms with Crippen LogP contribution in [0.4, 0.5) is 5.69 Å². The number of carboxylic acids is 1. The van der Waals surface area contributed by atoms with Gasteiger partial charge in [0.05, 0.1) is 11.7 Å². The first-order valence-electron chi connectivity index (χ1n) is 8.74. The number of anilines is 1. The second kappa shape index (κ2) is 7.66. The van der Waals surface area contributed by atoms with Crippen molar-refractivity contribution in [1.29, 1.82) is 0 Å². The Labute approximate surface area is 148 Å². The highest BCUT2D eigenvalue weighted by molar-refractivity contribution is 5.73. The monoisotopic (exact) mass is 339 g/mol. The van der Waals surface area contributed by atoms with Crippen molar-refractivity contribution in [2.45, 2.75) is 31.3 Å². The maximum Gasteiger partial charge on any atom is 0.320 e. The first-order valence-corrected chi connectivity index (χ1v) is 8.74. The molecule has 1 saturated heterocycles. The van der Waals surface area contributed by atoms with Gasteiger partial charge >= 0.3 is 5.97 Å². The molecular formula is C20H25N3O2. The highest BCUT2D eigenvalue weighted by Gasteiger charge is 2.35. The number of aromatic nitrogens is 1. The number of aliphatic carboxylic acids is 1. The molecule has 0 amide bonds. The van der Waals surface area contributed by atoms with Crippen molar-refractivity contribution in [2.75, 3.05) is 25.5 Å². The zero-order valence-electron chi connectivity index (χ0n) is 14.8. The maximum atomic E-state index is 11.8. The Morgan fingerprint density at radius 3 is 2.56 bits per heavy atom. The van der Waals surface area contributed by atoms with Gasteiger partial charge in [-0.1, -0.05) is 24.6 Å². The molecule has 0 radical (unpaired) electrons. The predicted molar refractivity (Wildman–Crippen MR) is 98.8 cm³/mol. The first kappa shape index (κ1) is 17.4. The van der Waals surface area contributed by atoms with Crippen molar-refractivity contribution >= 4 is 11.7 Å². The molecule has 5 heteroatoms. The third-order valence-corrected chi connectivity index (χ3v) is 4.85. The van der Waals surface area contributed by atoms with Crippen molar-refractivity contribution in [3.63, 3.8) is 0 Å². The number of rotatable bonds is 5. The zero-order chi connectivity index (χ0) is 17.8. The van der Waals surface area contributed by atoms with Gasteiger partial charge in [-0.25, -0.2) is 0 Å². The molecule has 2 heterocycles. The average Bonchev–Trinajstić information content (AvgIpc) is 2.63. The Balaban J connectivity index is 2.02. The molecule has 1 fully saturated rings. The van der Waals surface area contributed by atoms with Gasteiger partial charge in [-0.2, -0.15) is 0 Å². The van der Waals surface area contributed by atoms with Gasteiger partial charge < -0.3 is 10.0 Å². The van der Waals surface area contributed by atoms with Gasteiger partial charge in [0.25, 0.3) is 0 Å². The van der Waals surface area contributed by atoms with E-state index in [0.717, 1.165) is 36.3 Å². The van der Waals surface area contributed by atoms with Gasteiger partial charge in [0, 0.05) is 26.0 Å². The quantitative estimate of drug-likeness (QED) is 0.907. The van der Waals surface area contributed by atoms with Crippen LogP contribution in [-0.4, -0.2) is 47.6 Å². The number of hydrogen-bond acceptors (Lipinski definition) is 4. The first-order chi connectivity index (χ1) is 12.1. The van der Waals surface area contributed by atoms with E-state index in [4.69, 9.17) is 0 Å². The molecule has 2 unspecified atom stereocenters. The number of benzene rings is 1. The van der Waals surface area contributed by atoms with E-state index in [-0.39, 0.29) is 6.04 Å². The molecule has 132 valence electrons. The van der Waals surface area contributed by atoms with Crippen LogP contribution in [0.3, 0.4) is 0 Å². The van der Waals surface area contributed by atoms with Gasteiger partial charge in [-0.3, -0.25) is 14.7 Å². The summed E-state index contributed by atoms with van der Waals surface area (Å²) in [6.45, 7) is 0.771. The van der Waals surface area contributed by atoms with Crippen LogP contribution >= 0.6 is 0 Å². The van der Waals surface area contributed by atoms with Crippen molar-refractivity contribution in [3.05, 3.63) is 59.9 Å². The van der Waals surface area contributed by atoms with Crippen molar-refractivity contribution < 1.29 is 9.90 Å². The van der Waals surface area contributed by atoms with E-state index in [0.29, 0.717) is 6.42 Å². The fourth-order valence-corrected chi connectivity index (χ4v) is 3.55. The van der Waals surface area contributed by atoms with Crippen LogP contribution in [0, 0.1) is 0 Å². The number of carbonyl (C=O) groups is 1. The Hall–Kier alpha value is -2.40. The maximum absolute atomic E-state index is 11.8. The van der Waals surface area contributed by atoms with Crippen LogP contribution in [0.25, 0.3) is 0 Å². The van der Waals surface area contributed by atoms with Crippen molar-refractivity contribution in [1.82, 2.24) is 9.88 Å².